The summed E-state index contributed by atoms with van der Waals surface area (Å²) in [5.74, 6) is -0.168. The van der Waals surface area contributed by atoms with E-state index in [1.165, 1.54) is 12.7 Å². The molecule has 35 heavy (non-hydrogen) atoms. The third-order valence-corrected chi connectivity index (χ3v) is 6.89. The minimum absolute atomic E-state index is 0.0243. The lowest BCUT2D eigenvalue weighted by molar-refractivity contribution is -0.137. The summed E-state index contributed by atoms with van der Waals surface area (Å²) < 4.78 is 6.16. The molecule has 0 unspecified atom stereocenters. The van der Waals surface area contributed by atoms with Crippen molar-refractivity contribution < 1.29 is 9.53 Å². The zero-order chi connectivity index (χ0) is 24.5. The second-order valence-corrected chi connectivity index (χ2v) is 9.74. The van der Waals surface area contributed by atoms with E-state index in [0.717, 1.165) is 49.0 Å². The van der Waals surface area contributed by atoms with Crippen molar-refractivity contribution in [2.75, 3.05) is 13.7 Å². The highest BCUT2D eigenvalue weighted by Gasteiger charge is 2.35. The number of ether oxygens (including phenoxy) is 1. The molecule has 3 aromatic carbocycles. The third kappa shape index (κ3) is 4.51. The summed E-state index contributed by atoms with van der Waals surface area (Å²) in [6, 6.07) is 24.5. The number of rotatable bonds is 5. The Balaban J connectivity index is 1.72. The van der Waals surface area contributed by atoms with Crippen LogP contribution in [0.3, 0.4) is 0 Å². The van der Waals surface area contributed by atoms with E-state index in [1.54, 1.807) is 5.01 Å². The fourth-order valence-electron chi connectivity index (χ4n) is 4.78. The summed E-state index contributed by atoms with van der Waals surface area (Å²) in [7, 11) is 1.53. The van der Waals surface area contributed by atoms with E-state index in [9.17, 15) is 4.79 Å². The number of fused-ring (bicyclic) bond motifs is 1. The Kier molecular flexibility index (Phi) is 6.50. The van der Waals surface area contributed by atoms with E-state index in [0.29, 0.717) is 6.42 Å². The molecular weight excluding hydrogens is 502 g/mol. The Bertz CT molecular complexity index is 1430. The number of hydrogen-bond donors (Lipinski definition) is 0. The first kappa shape index (κ1) is 23.4. The van der Waals surface area contributed by atoms with Gasteiger partial charge in [0.25, 0.3) is 5.91 Å². The number of methoxy groups -OCH3 is 1. The number of amides is 1. The van der Waals surface area contributed by atoms with Gasteiger partial charge in [0.15, 0.2) is 0 Å². The molecule has 0 saturated carbocycles. The van der Waals surface area contributed by atoms with E-state index in [1.807, 2.05) is 49.4 Å². The maximum absolute atomic E-state index is 13.0. The van der Waals surface area contributed by atoms with Crippen molar-refractivity contribution in [1.29, 1.82) is 0 Å². The topological polar surface area (TPSA) is 54.8 Å². The van der Waals surface area contributed by atoms with Crippen LogP contribution in [-0.4, -0.2) is 35.3 Å². The van der Waals surface area contributed by atoms with E-state index in [-0.39, 0.29) is 18.6 Å². The first-order valence-corrected chi connectivity index (χ1v) is 12.4. The second-order valence-electron chi connectivity index (χ2n) is 8.82. The average Bonchev–Trinajstić information content (AvgIpc) is 3.30. The van der Waals surface area contributed by atoms with E-state index < -0.39 is 0 Å². The molecule has 1 aromatic heterocycles. The molecule has 4 aromatic rings. The average molecular weight is 528 g/mol. The smallest absolute Gasteiger partial charge is 0.269 e. The number of benzene rings is 3. The number of aryl methyl sites for hydroxylation is 2. The van der Waals surface area contributed by atoms with Gasteiger partial charge in [-0.15, -0.1) is 0 Å². The second kappa shape index (κ2) is 9.72. The van der Waals surface area contributed by atoms with Gasteiger partial charge in [-0.05, 0) is 49.2 Å². The van der Waals surface area contributed by atoms with Crippen LogP contribution in [0.4, 0.5) is 0 Å². The van der Waals surface area contributed by atoms with Crippen LogP contribution in [0.15, 0.2) is 82.4 Å². The van der Waals surface area contributed by atoms with Crippen molar-refractivity contribution in [3.05, 3.63) is 99.7 Å². The molecule has 5 nitrogen and oxygen atoms in total. The van der Waals surface area contributed by atoms with Crippen LogP contribution in [0.1, 0.15) is 34.8 Å². The molecule has 0 radical (unpaired) electrons. The number of nitrogens with zero attached hydrogens (tertiary/aromatic N) is 3. The first-order chi connectivity index (χ1) is 17.0. The zero-order valence-electron chi connectivity index (χ0n) is 20.0. The number of hydrogen-bond acceptors (Lipinski definition) is 4. The van der Waals surface area contributed by atoms with Crippen LogP contribution in [0, 0.1) is 13.8 Å². The Morgan fingerprint density at radius 2 is 1.77 bits per heavy atom. The molecule has 0 aliphatic carbocycles. The first-order valence-electron chi connectivity index (χ1n) is 11.6. The van der Waals surface area contributed by atoms with Crippen molar-refractivity contribution in [1.82, 2.24) is 9.99 Å². The maximum atomic E-state index is 13.0. The number of aromatic nitrogens is 1. The fourth-order valence-corrected chi connectivity index (χ4v) is 5.05. The van der Waals surface area contributed by atoms with Crippen LogP contribution in [0.5, 0.6) is 0 Å². The van der Waals surface area contributed by atoms with Gasteiger partial charge in [-0.25, -0.2) is 5.01 Å². The number of halogens is 1. The van der Waals surface area contributed by atoms with Gasteiger partial charge in [0.05, 0.1) is 17.3 Å². The summed E-state index contributed by atoms with van der Waals surface area (Å²) in [6.45, 7) is 4.09. The highest BCUT2D eigenvalue weighted by Crippen LogP contribution is 2.39. The van der Waals surface area contributed by atoms with Crippen molar-refractivity contribution in [2.45, 2.75) is 26.3 Å². The normalized spacial score (nSPS) is 15.5. The Labute approximate surface area is 213 Å². The molecule has 0 fully saturated rings. The predicted octanol–water partition coefficient (Wildman–Crippen LogP) is 6.61. The van der Waals surface area contributed by atoms with Gasteiger partial charge >= 0.3 is 0 Å². The van der Waals surface area contributed by atoms with E-state index in [4.69, 9.17) is 14.8 Å². The van der Waals surface area contributed by atoms with Crippen molar-refractivity contribution >= 4 is 38.5 Å². The number of carbonyl (C=O) groups is 1. The monoisotopic (exact) mass is 527 g/mol. The minimum atomic E-state index is -0.211. The highest BCUT2D eigenvalue weighted by atomic mass is 79.9. The molecule has 1 aliphatic heterocycles. The van der Waals surface area contributed by atoms with E-state index >= 15 is 0 Å². The summed E-state index contributed by atoms with van der Waals surface area (Å²) in [5, 5.41) is 7.57. The number of pyridine rings is 1. The highest BCUT2D eigenvalue weighted by molar-refractivity contribution is 9.10. The summed E-state index contributed by atoms with van der Waals surface area (Å²) in [6.07, 6.45) is 0.594. The zero-order valence-corrected chi connectivity index (χ0v) is 21.5. The van der Waals surface area contributed by atoms with Gasteiger partial charge in [0.1, 0.15) is 6.61 Å². The molecule has 1 amide bonds. The molecule has 0 spiro atoms. The van der Waals surface area contributed by atoms with Crippen LogP contribution in [0.2, 0.25) is 0 Å². The molecule has 1 aliphatic rings. The molecule has 0 N–H and O–H groups in total. The van der Waals surface area contributed by atoms with Gasteiger partial charge in [0.2, 0.25) is 0 Å². The lowest BCUT2D eigenvalue weighted by Crippen LogP contribution is -2.30. The fraction of sp³-hybridized carbons (Fsp3) is 0.207. The van der Waals surface area contributed by atoms with Crippen molar-refractivity contribution in [2.24, 2.45) is 5.10 Å². The molecular formula is C29H26BrN3O2. The molecule has 5 rings (SSSR count). The molecule has 1 atom stereocenters. The van der Waals surface area contributed by atoms with Gasteiger partial charge < -0.3 is 4.74 Å². The number of hydrazone groups is 1. The van der Waals surface area contributed by atoms with Gasteiger partial charge in [-0.2, -0.15) is 5.10 Å². The van der Waals surface area contributed by atoms with E-state index in [2.05, 4.69) is 53.2 Å². The molecule has 6 heteroatoms. The molecule has 0 bridgehead atoms. The van der Waals surface area contributed by atoms with Crippen LogP contribution in [-0.2, 0) is 9.53 Å². The maximum Gasteiger partial charge on any atom is 0.269 e. The van der Waals surface area contributed by atoms with Crippen molar-refractivity contribution in [3.63, 3.8) is 0 Å². The molecule has 176 valence electrons. The van der Waals surface area contributed by atoms with Crippen LogP contribution >= 0.6 is 15.9 Å². The van der Waals surface area contributed by atoms with Crippen LogP contribution < -0.4 is 0 Å². The van der Waals surface area contributed by atoms with Crippen LogP contribution in [0.25, 0.3) is 22.0 Å². The van der Waals surface area contributed by atoms with Crippen molar-refractivity contribution in [3.8, 4) is 11.1 Å². The third-order valence-electron chi connectivity index (χ3n) is 6.36. The largest absolute Gasteiger partial charge is 0.375 e. The van der Waals surface area contributed by atoms with Gasteiger partial charge in [0, 0.05) is 40.2 Å². The summed E-state index contributed by atoms with van der Waals surface area (Å²) in [5.41, 5.74) is 8.10. The Hall–Kier alpha value is -3.35. The SMILES string of the molecule is COCC(=O)N1N=C(c2c(C)nc3ccc(C)cc3c2-c2ccccc2)C[C@H]1c1ccc(Br)cc1. The summed E-state index contributed by atoms with van der Waals surface area (Å²) in [4.78, 5) is 18.0. The Morgan fingerprint density at radius 3 is 2.49 bits per heavy atom. The predicted molar refractivity (Wildman–Crippen MR) is 143 cm³/mol. The van der Waals surface area contributed by atoms with Gasteiger partial charge in [-0.1, -0.05) is 70.0 Å². The van der Waals surface area contributed by atoms with Gasteiger partial charge in [-0.3, -0.25) is 9.78 Å². The lowest BCUT2D eigenvalue weighted by atomic mass is 9.89. The lowest BCUT2D eigenvalue weighted by Gasteiger charge is -2.21. The minimum Gasteiger partial charge on any atom is -0.375 e. The summed E-state index contributed by atoms with van der Waals surface area (Å²) >= 11 is 3.51. The standard InChI is InChI=1S/C29H26BrN3O2/c1-18-9-14-24-23(15-18)29(21-7-5-4-6-8-21)28(19(2)31-24)25-16-26(20-10-12-22(30)13-11-20)33(32-25)27(34)17-35-3/h4-15,26H,16-17H2,1-3H3/t26-/m0/s1. The molecule has 2 heterocycles. The number of carbonyl (C=O) groups excluding carboxylic acids is 1. The quantitative estimate of drug-likeness (QED) is 0.293. The Morgan fingerprint density at radius 1 is 1.03 bits per heavy atom. The molecule has 0 saturated heterocycles.